The van der Waals surface area contributed by atoms with Crippen LogP contribution in [0.3, 0.4) is 0 Å². The van der Waals surface area contributed by atoms with E-state index in [0.717, 1.165) is 37.3 Å². The lowest BCUT2D eigenvalue weighted by Gasteiger charge is -2.35. The summed E-state index contributed by atoms with van der Waals surface area (Å²) in [5, 5.41) is 3.30. The van der Waals surface area contributed by atoms with Crippen LogP contribution < -0.4 is 4.90 Å². The molecule has 0 atom stereocenters. The fraction of sp³-hybridized carbons (Fsp3) is 0.280. The molecule has 158 valence electrons. The van der Waals surface area contributed by atoms with Gasteiger partial charge in [-0.05, 0) is 36.0 Å². The molecule has 3 heterocycles. The van der Waals surface area contributed by atoms with Crippen molar-refractivity contribution in [1.29, 1.82) is 0 Å². The van der Waals surface area contributed by atoms with Crippen LogP contribution in [0.25, 0.3) is 10.9 Å². The van der Waals surface area contributed by atoms with Gasteiger partial charge in [-0.25, -0.2) is 4.98 Å². The van der Waals surface area contributed by atoms with E-state index in [1.165, 1.54) is 27.8 Å². The molecule has 6 heteroatoms. The fourth-order valence-electron chi connectivity index (χ4n) is 4.50. The van der Waals surface area contributed by atoms with E-state index < -0.39 is 0 Å². The largest absolute Gasteiger partial charge is 0.361 e. The zero-order valence-corrected chi connectivity index (χ0v) is 18.2. The van der Waals surface area contributed by atoms with Crippen LogP contribution in [0.15, 0.2) is 71.7 Å². The number of piperidine rings is 1. The molecule has 5 rings (SSSR count). The number of amides is 1. The molecule has 0 unspecified atom stereocenters. The summed E-state index contributed by atoms with van der Waals surface area (Å²) in [6.07, 6.45) is 4.76. The number of benzene rings is 2. The zero-order valence-electron chi connectivity index (χ0n) is 17.4. The second-order valence-electron chi connectivity index (χ2n) is 8.15. The summed E-state index contributed by atoms with van der Waals surface area (Å²) in [5.41, 5.74) is 5.46. The number of carbonyl (C=O) groups is 1. The van der Waals surface area contributed by atoms with Crippen LogP contribution in [0.2, 0.25) is 0 Å². The summed E-state index contributed by atoms with van der Waals surface area (Å²) in [6, 6.07) is 18.5. The minimum atomic E-state index is 0.0934. The van der Waals surface area contributed by atoms with Gasteiger partial charge in [0.25, 0.3) is 0 Å². The van der Waals surface area contributed by atoms with Crippen molar-refractivity contribution in [2.24, 2.45) is 0 Å². The third-order valence-electron chi connectivity index (χ3n) is 6.19. The van der Waals surface area contributed by atoms with Gasteiger partial charge < -0.3 is 4.98 Å². The summed E-state index contributed by atoms with van der Waals surface area (Å²) in [4.78, 5) is 25.2. The predicted octanol–water partition coefficient (Wildman–Crippen LogP) is 5.04. The Morgan fingerprint density at radius 3 is 2.65 bits per heavy atom. The van der Waals surface area contributed by atoms with Crippen molar-refractivity contribution < 1.29 is 4.79 Å². The normalized spacial score (nSPS) is 15.4. The molecule has 2 aromatic carbocycles. The van der Waals surface area contributed by atoms with Gasteiger partial charge in [-0.2, -0.15) is 0 Å². The SMILES string of the molecule is O=C(Cc1ccccc1)N(CN1CCC(c2c[nH]c3ccccc23)CC1)c1cscn1. The molecule has 5 nitrogen and oxygen atoms in total. The van der Waals surface area contributed by atoms with E-state index >= 15 is 0 Å². The Labute approximate surface area is 186 Å². The number of hydrogen-bond acceptors (Lipinski definition) is 4. The maximum atomic E-state index is 13.1. The number of anilines is 1. The van der Waals surface area contributed by atoms with E-state index in [-0.39, 0.29) is 5.91 Å². The molecule has 4 aromatic rings. The topological polar surface area (TPSA) is 52.2 Å². The molecular weight excluding hydrogens is 404 g/mol. The average Bonchev–Trinajstić information content (AvgIpc) is 3.49. The highest BCUT2D eigenvalue weighted by Crippen LogP contribution is 2.33. The number of likely N-dealkylation sites (tertiary alicyclic amines) is 1. The number of aromatic amines is 1. The lowest BCUT2D eigenvalue weighted by molar-refractivity contribution is -0.118. The van der Waals surface area contributed by atoms with Gasteiger partial charge in [0, 0.05) is 35.6 Å². The van der Waals surface area contributed by atoms with Gasteiger partial charge >= 0.3 is 0 Å². The van der Waals surface area contributed by atoms with Gasteiger partial charge in [-0.15, -0.1) is 11.3 Å². The highest BCUT2D eigenvalue weighted by molar-refractivity contribution is 7.07. The number of carbonyl (C=O) groups excluding carboxylic acids is 1. The van der Waals surface area contributed by atoms with Gasteiger partial charge in [-0.3, -0.25) is 14.6 Å². The number of hydrogen-bond donors (Lipinski definition) is 1. The first-order valence-electron chi connectivity index (χ1n) is 10.8. The Hall–Kier alpha value is -2.96. The van der Waals surface area contributed by atoms with Crippen LogP contribution in [0.1, 0.15) is 29.9 Å². The highest BCUT2D eigenvalue weighted by atomic mass is 32.1. The summed E-state index contributed by atoms with van der Waals surface area (Å²) in [7, 11) is 0. The molecule has 31 heavy (non-hydrogen) atoms. The van der Waals surface area contributed by atoms with Crippen molar-refractivity contribution in [2.45, 2.75) is 25.2 Å². The molecule has 0 spiro atoms. The lowest BCUT2D eigenvalue weighted by atomic mass is 9.89. The van der Waals surface area contributed by atoms with Crippen LogP contribution in [-0.4, -0.2) is 40.5 Å². The van der Waals surface area contributed by atoms with Crippen molar-refractivity contribution in [3.8, 4) is 0 Å². The van der Waals surface area contributed by atoms with E-state index in [0.29, 0.717) is 19.0 Å². The Morgan fingerprint density at radius 1 is 1.10 bits per heavy atom. The number of aromatic nitrogens is 2. The van der Waals surface area contributed by atoms with E-state index in [9.17, 15) is 4.79 Å². The lowest BCUT2D eigenvalue weighted by Crippen LogP contribution is -2.45. The number of H-pyrrole nitrogens is 1. The molecule has 2 aromatic heterocycles. The first-order valence-corrected chi connectivity index (χ1v) is 11.7. The zero-order chi connectivity index (χ0) is 21.0. The first kappa shape index (κ1) is 20.0. The van der Waals surface area contributed by atoms with Crippen LogP contribution in [-0.2, 0) is 11.2 Å². The molecule has 1 saturated heterocycles. The Bertz CT molecular complexity index is 1130. The third kappa shape index (κ3) is 4.40. The number of thiazole rings is 1. The molecule has 0 radical (unpaired) electrons. The summed E-state index contributed by atoms with van der Waals surface area (Å²) >= 11 is 1.53. The van der Waals surface area contributed by atoms with Gasteiger partial charge in [0.1, 0.15) is 5.82 Å². The van der Waals surface area contributed by atoms with E-state index in [2.05, 4.69) is 45.3 Å². The molecular formula is C25H26N4OS. The maximum Gasteiger partial charge on any atom is 0.233 e. The van der Waals surface area contributed by atoms with Crippen molar-refractivity contribution in [1.82, 2.24) is 14.9 Å². The number of fused-ring (bicyclic) bond motifs is 1. The van der Waals surface area contributed by atoms with E-state index in [4.69, 9.17) is 0 Å². The molecule has 1 aliphatic rings. The molecule has 1 N–H and O–H groups in total. The number of para-hydroxylation sites is 1. The first-order chi connectivity index (χ1) is 15.3. The highest BCUT2D eigenvalue weighted by Gasteiger charge is 2.26. The van der Waals surface area contributed by atoms with E-state index in [1.54, 1.807) is 5.51 Å². The van der Waals surface area contributed by atoms with Crippen molar-refractivity contribution >= 4 is 34.0 Å². The second-order valence-corrected chi connectivity index (χ2v) is 8.87. The standard InChI is InChI=1S/C25H26N4OS/c30-25(14-19-6-2-1-3-7-19)29(24-16-31-17-27-24)18-28-12-10-20(11-13-28)22-15-26-23-9-5-4-8-21(22)23/h1-9,15-17,20,26H,10-14,18H2. The van der Waals surface area contributed by atoms with Crippen molar-refractivity contribution in [3.05, 3.63) is 82.8 Å². The maximum absolute atomic E-state index is 13.1. The molecule has 0 saturated carbocycles. The van der Waals surface area contributed by atoms with Crippen molar-refractivity contribution in [2.75, 3.05) is 24.7 Å². The fourth-order valence-corrected chi connectivity index (χ4v) is 5.04. The Morgan fingerprint density at radius 2 is 1.87 bits per heavy atom. The third-order valence-corrected chi connectivity index (χ3v) is 6.76. The minimum Gasteiger partial charge on any atom is -0.361 e. The van der Waals surface area contributed by atoms with Crippen molar-refractivity contribution in [3.63, 3.8) is 0 Å². The second kappa shape index (κ2) is 9.04. The summed E-state index contributed by atoms with van der Waals surface area (Å²) < 4.78 is 0. The van der Waals surface area contributed by atoms with Gasteiger partial charge in [-0.1, -0.05) is 48.5 Å². The van der Waals surface area contributed by atoms with Crippen LogP contribution in [0.4, 0.5) is 5.82 Å². The Kier molecular flexibility index (Phi) is 5.82. The monoisotopic (exact) mass is 430 g/mol. The number of rotatable bonds is 6. The smallest absolute Gasteiger partial charge is 0.233 e. The predicted molar refractivity (Wildman–Crippen MR) is 126 cm³/mol. The molecule has 1 amide bonds. The number of nitrogens with zero attached hydrogens (tertiary/aromatic N) is 3. The molecule has 1 aliphatic heterocycles. The Balaban J connectivity index is 1.26. The van der Waals surface area contributed by atoms with Gasteiger partial charge in [0.2, 0.25) is 5.91 Å². The average molecular weight is 431 g/mol. The van der Waals surface area contributed by atoms with Crippen LogP contribution in [0.5, 0.6) is 0 Å². The molecule has 0 bridgehead atoms. The van der Waals surface area contributed by atoms with Gasteiger partial charge in [0.15, 0.2) is 0 Å². The summed E-state index contributed by atoms with van der Waals surface area (Å²) in [6.45, 7) is 2.54. The van der Waals surface area contributed by atoms with Crippen LogP contribution in [0, 0.1) is 0 Å². The van der Waals surface area contributed by atoms with Gasteiger partial charge in [0.05, 0.1) is 18.6 Å². The molecule has 0 aliphatic carbocycles. The molecule has 1 fully saturated rings. The number of nitrogens with one attached hydrogen (secondary N) is 1. The summed E-state index contributed by atoms with van der Waals surface area (Å²) in [5.74, 6) is 1.40. The minimum absolute atomic E-state index is 0.0934. The quantitative estimate of drug-likeness (QED) is 0.466. The van der Waals surface area contributed by atoms with Crippen LogP contribution >= 0.6 is 11.3 Å². The van der Waals surface area contributed by atoms with E-state index in [1.807, 2.05) is 40.6 Å².